The molecular formula is C29H29N3O3. The van der Waals surface area contributed by atoms with Crippen molar-refractivity contribution in [2.45, 2.75) is 31.6 Å². The molecule has 3 heterocycles. The molecule has 1 aliphatic rings. The summed E-state index contributed by atoms with van der Waals surface area (Å²) < 4.78 is 11.3. The molecule has 0 N–H and O–H groups in total. The highest BCUT2D eigenvalue weighted by Gasteiger charge is 2.28. The molecule has 35 heavy (non-hydrogen) atoms. The summed E-state index contributed by atoms with van der Waals surface area (Å²) in [5.41, 5.74) is 3.89. The highest BCUT2D eigenvalue weighted by molar-refractivity contribution is 5.94. The van der Waals surface area contributed by atoms with Crippen molar-refractivity contribution in [3.8, 4) is 5.75 Å². The molecule has 1 atom stereocenters. The number of hydrogen-bond donors (Lipinski definition) is 0. The zero-order valence-electron chi connectivity index (χ0n) is 19.9. The van der Waals surface area contributed by atoms with Gasteiger partial charge in [-0.25, -0.2) is 4.98 Å². The lowest BCUT2D eigenvalue weighted by atomic mass is 9.97. The lowest BCUT2D eigenvalue weighted by Crippen LogP contribution is -2.39. The van der Waals surface area contributed by atoms with E-state index in [2.05, 4.69) is 22.1 Å². The molecule has 0 bridgehead atoms. The highest BCUT2D eigenvalue weighted by Crippen LogP contribution is 2.28. The number of rotatable bonds is 7. The number of benzene rings is 2. The van der Waals surface area contributed by atoms with Crippen molar-refractivity contribution in [1.82, 2.24) is 14.9 Å². The van der Waals surface area contributed by atoms with Crippen LogP contribution in [-0.2, 0) is 12.8 Å². The first kappa shape index (κ1) is 22.8. The zero-order chi connectivity index (χ0) is 24.0. The molecule has 1 amide bonds. The van der Waals surface area contributed by atoms with Gasteiger partial charge in [0.25, 0.3) is 5.91 Å². The van der Waals surface area contributed by atoms with Crippen LogP contribution in [0.25, 0.3) is 0 Å². The van der Waals surface area contributed by atoms with Crippen molar-refractivity contribution in [2.75, 3.05) is 20.2 Å². The molecule has 0 radical (unpaired) electrons. The molecule has 2 aromatic carbocycles. The Balaban J connectivity index is 1.24. The smallest absolute Gasteiger partial charge is 0.253 e. The molecule has 0 aliphatic carbocycles. The van der Waals surface area contributed by atoms with Gasteiger partial charge in [0.1, 0.15) is 11.5 Å². The maximum absolute atomic E-state index is 13.3. The molecule has 1 saturated heterocycles. The number of pyridine rings is 1. The van der Waals surface area contributed by atoms with E-state index in [1.165, 1.54) is 5.56 Å². The minimum Gasteiger partial charge on any atom is -0.497 e. The standard InChI is InChI=1S/C29H29N3O3/c1-34-26-11-9-22(10-12-26)17-27-19-31-28(35-27)24-8-5-15-32(20-24)29(33)23-13-14-30-25(18-23)16-21-6-3-2-4-7-21/h2-4,6-7,9-14,18-19,24H,5,8,15-17,20H2,1H3/t24-/m1/s1. The lowest BCUT2D eigenvalue weighted by molar-refractivity contribution is 0.0697. The number of carbonyl (C=O) groups is 1. The van der Waals surface area contributed by atoms with E-state index in [4.69, 9.17) is 9.15 Å². The Morgan fingerprint density at radius 3 is 2.63 bits per heavy atom. The molecule has 2 aromatic heterocycles. The summed E-state index contributed by atoms with van der Waals surface area (Å²) in [6.45, 7) is 1.35. The van der Waals surface area contributed by atoms with E-state index in [1.807, 2.05) is 53.4 Å². The topological polar surface area (TPSA) is 68.5 Å². The number of aromatic nitrogens is 2. The van der Waals surface area contributed by atoms with E-state index >= 15 is 0 Å². The Bertz CT molecular complexity index is 1270. The Labute approximate surface area is 205 Å². The van der Waals surface area contributed by atoms with Crippen LogP contribution in [0.2, 0.25) is 0 Å². The Morgan fingerprint density at radius 1 is 1.03 bits per heavy atom. The van der Waals surface area contributed by atoms with Gasteiger partial charge in [0, 0.05) is 43.4 Å². The quantitative estimate of drug-likeness (QED) is 0.370. The van der Waals surface area contributed by atoms with Crippen molar-refractivity contribution in [3.05, 3.63) is 113 Å². The predicted molar refractivity (Wildman–Crippen MR) is 134 cm³/mol. The zero-order valence-corrected chi connectivity index (χ0v) is 19.9. The third kappa shape index (κ3) is 5.60. The maximum atomic E-state index is 13.3. The fourth-order valence-electron chi connectivity index (χ4n) is 4.60. The summed E-state index contributed by atoms with van der Waals surface area (Å²) in [6.07, 6.45) is 6.80. The van der Waals surface area contributed by atoms with Crippen molar-refractivity contribution in [2.24, 2.45) is 0 Å². The first-order valence-corrected chi connectivity index (χ1v) is 12.0. The number of likely N-dealkylation sites (tertiary alicyclic amines) is 1. The number of nitrogens with zero attached hydrogens (tertiary/aromatic N) is 3. The van der Waals surface area contributed by atoms with Crippen LogP contribution in [0.4, 0.5) is 0 Å². The molecule has 6 nitrogen and oxygen atoms in total. The second kappa shape index (κ2) is 10.6. The second-order valence-electron chi connectivity index (χ2n) is 8.98. The van der Waals surface area contributed by atoms with Gasteiger partial charge in [-0.3, -0.25) is 9.78 Å². The van der Waals surface area contributed by atoms with Gasteiger partial charge in [-0.15, -0.1) is 0 Å². The Morgan fingerprint density at radius 2 is 1.83 bits per heavy atom. The lowest BCUT2D eigenvalue weighted by Gasteiger charge is -2.31. The van der Waals surface area contributed by atoms with Crippen LogP contribution in [0.5, 0.6) is 5.75 Å². The third-order valence-electron chi connectivity index (χ3n) is 6.46. The largest absolute Gasteiger partial charge is 0.497 e. The summed E-state index contributed by atoms with van der Waals surface area (Å²) in [6, 6.07) is 21.9. The minimum absolute atomic E-state index is 0.0384. The van der Waals surface area contributed by atoms with Crippen molar-refractivity contribution >= 4 is 5.91 Å². The van der Waals surface area contributed by atoms with Crippen LogP contribution in [-0.4, -0.2) is 41.0 Å². The van der Waals surface area contributed by atoms with Crippen LogP contribution in [0.3, 0.4) is 0 Å². The molecule has 1 aliphatic heterocycles. The number of methoxy groups -OCH3 is 1. The number of oxazole rings is 1. The Kier molecular flexibility index (Phi) is 6.89. The molecular weight excluding hydrogens is 438 g/mol. The predicted octanol–water partition coefficient (Wildman–Crippen LogP) is 5.28. The first-order valence-electron chi connectivity index (χ1n) is 12.0. The monoisotopic (exact) mass is 467 g/mol. The van der Waals surface area contributed by atoms with Crippen molar-refractivity contribution in [1.29, 1.82) is 0 Å². The summed E-state index contributed by atoms with van der Waals surface area (Å²) in [5, 5.41) is 0. The van der Waals surface area contributed by atoms with E-state index in [0.717, 1.165) is 42.2 Å². The van der Waals surface area contributed by atoms with Crippen LogP contribution >= 0.6 is 0 Å². The third-order valence-corrected chi connectivity index (χ3v) is 6.46. The van der Waals surface area contributed by atoms with Crippen molar-refractivity contribution in [3.63, 3.8) is 0 Å². The fraction of sp³-hybridized carbons (Fsp3) is 0.276. The van der Waals surface area contributed by atoms with Crippen LogP contribution < -0.4 is 4.74 Å². The summed E-state index contributed by atoms with van der Waals surface area (Å²) in [5.74, 6) is 2.51. The van der Waals surface area contributed by atoms with E-state index in [-0.39, 0.29) is 11.8 Å². The molecule has 4 aromatic rings. The average Bonchev–Trinajstić information content (AvgIpc) is 3.38. The fourth-order valence-corrected chi connectivity index (χ4v) is 4.60. The maximum Gasteiger partial charge on any atom is 0.253 e. The van der Waals surface area contributed by atoms with Gasteiger partial charge in [-0.2, -0.15) is 0 Å². The number of carbonyl (C=O) groups excluding carboxylic acids is 1. The summed E-state index contributed by atoms with van der Waals surface area (Å²) >= 11 is 0. The SMILES string of the molecule is COc1ccc(Cc2cnc([C@@H]3CCCN(C(=O)c4ccnc(Cc5ccccc5)c4)C3)o2)cc1. The number of ether oxygens (including phenoxy) is 1. The molecule has 0 saturated carbocycles. The number of amides is 1. The highest BCUT2D eigenvalue weighted by atomic mass is 16.5. The number of hydrogen-bond acceptors (Lipinski definition) is 5. The van der Waals surface area contributed by atoms with Crippen molar-refractivity contribution < 1.29 is 13.9 Å². The Hall–Kier alpha value is -3.93. The average molecular weight is 468 g/mol. The van der Waals surface area contributed by atoms with E-state index in [1.54, 1.807) is 25.6 Å². The van der Waals surface area contributed by atoms with Crippen LogP contribution in [0.1, 0.15) is 57.6 Å². The molecule has 0 unspecified atom stereocenters. The van der Waals surface area contributed by atoms with Gasteiger partial charge in [0.05, 0.1) is 19.2 Å². The van der Waals surface area contributed by atoms with Gasteiger partial charge >= 0.3 is 0 Å². The van der Waals surface area contributed by atoms with Gasteiger partial charge in [-0.05, 0) is 48.2 Å². The first-order chi connectivity index (χ1) is 17.2. The summed E-state index contributed by atoms with van der Waals surface area (Å²) in [4.78, 5) is 24.3. The van der Waals surface area contributed by atoms with Crippen LogP contribution in [0.15, 0.2) is 83.5 Å². The molecule has 0 spiro atoms. The van der Waals surface area contributed by atoms with E-state index < -0.39 is 0 Å². The molecule has 6 heteroatoms. The van der Waals surface area contributed by atoms with E-state index in [0.29, 0.717) is 30.8 Å². The van der Waals surface area contributed by atoms with Gasteiger partial charge in [0.15, 0.2) is 5.89 Å². The van der Waals surface area contributed by atoms with Gasteiger partial charge in [0.2, 0.25) is 0 Å². The number of piperidine rings is 1. The second-order valence-corrected chi connectivity index (χ2v) is 8.98. The van der Waals surface area contributed by atoms with Gasteiger partial charge in [-0.1, -0.05) is 42.5 Å². The minimum atomic E-state index is 0.0384. The normalized spacial score (nSPS) is 15.7. The molecule has 5 rings (SSSR count). The van der Waals surface area contributed by atoms with E-state index in [9.17, 15) is 4.79 Å². The molecule has 1 fully saturated rings. The summed E-state index contributed by atoms with van der Waals surface area (Å²) in [7, 11) is 1.66. The van der Waals surface area contributed by atoms with Crippen LogP contribution in [0, 0.1) is 0 Å². The molecule has 178 valence electrons. The van der Waals surface area contributed by atoms with Gasteiger partial charge < -0.3 is 14.1 Å².